The lowest BCUT2D eigenvalue weighted by Gasteiger charge is -2.27. The minimum atomic E-state index is 0.640. The molecule has 1 aromatic carbocycles. The number of methoxy groups -OCH3 is 1. The number of nitrogens with one attached hydrogen (secondary N) is 1. The summed E-state index contributed by atoms with van der Waals surface area (Å²) < 4.78 is 5.24. The van der Waals surface area contributed by atoms with E-state index in [2.05, 4.69) is 37.4 Å². The highest BCUT2D eigenvalue weighted by atomic mass is 16.5. The molecule has 0 amide bonds. The molecule has 0 fully saturated rings. The molecule has 1 N–H and O–H groups in total. The first-order valence-electron chi connectivity index (χ1n) is 6.08. The van der Waals surface area contributed by atoms with Crippen LogP contribution in [0.2, 0.25) is 0 Å². The van der Waals surface area contributed by atoms with E-state index in [1.807, 2.05) is 0 Å². The van der Waals surface area contributed by atoms with Crippen LogP contribution in [0.1, 0.15) is 31.4 Å². The summed E-state index contributed by atoms with van der Waals surface area (Å²) in [6.07, 6.45) is 2.41. The fourth-order valence-electron chi connectivity index (χ4n) is 2.42. The molecule has 0 saturated carbocycles. The van der Waals surface area contributed by atoms with E-state index < -0.39 is 0 Å². The van der Waals surface area contributed by atoms with Crippen molar-refractivity contribution in [2.24, 2.45) is 5.92 Å². The quantitative estimate of drug-likeness (QED) is 0.844. The van der Waals surface area contributed by atoms with Gasteiger partial charge in [-0.1, -0.05) is 19.9 Å². The Hall–Kier alpha value is -1.02. The number of benzene rings is 1. The fraction of sp³-hybridized carbons (Fsp3) is 0.571. The molecule has 0 radical (unpaired) electrons. The first-order valence-corrected chi connectivity index (χ1v) is 6.08. The predicted molar refractivity (Wildman–Crippen MR) is 66.8 cm³/mol. The van der Waals surface area contributed by atoms with Crippen molar-refractivity contribution < 1.29 is 4.74 Å². The maximum Gasteiger partial charge on any atom is 0.119 e. The molecule has 1 atom stereocenters. The average Bonchev–Trinajstić information content (AvgIpc) is 2.27. The van der Waals surface area contributed by atoms with Gasteiger partial charge in [0.15, 0.2) is 0 Å². The molecule has 1 unspecified atom stereocenters. The number of hydrogen-bond acceptors (Lipinski definition) is 2. The molecule has 0 spiro atoms. The van der Waals surface area contributed by atoms with Crippen LogP contribution in [-0.4, -0.2) is 13.2 Å². The predicted octanol–water partition coefficient (Wildman–Crippen LogP) is 2.76. The van der Waals surface area contributed by atoms with Gasteiger partial charge in [0.25, 0.3) is 0 Å². The minimum absolute atomic E-state index is 0.640. The van der Waals surface area contributed by atoms with Crippen LogP contribution in [0.25, 0.3) is 0 Å². The van der Waals surface area contributed by atoms with E-state index in [4.69, 9.17) is 4.74 Å². The van der Waals surface area contributed by atoms with E-state index in [9.17, 15) is 0 Å². The maximum atomic E-state index is 5.24. The topological polar surface area (TPSA) is 21.3 Å². The van der Waals surface area contributed by atoms with Crippen molar-refractivity contribution in [3.8, 4) is 5.75 Å². The SMILES string of the molecule is COc1ccc2c(c1)CNC(CC(C)C)C2. The van der Waals surface area contributed by atoms with Gasteiger partial charge in [-0.25, -0.2) is 0 Å². The van der Waals surface area contributed by atoms with Crippen LogP contribution < -0.4 is 10.1 Å². The molecule has 1 aliphatic rings. The summed E-state index contributed by atoms with van der Waals surface area (Å²) in [4.78, 5) is 0. The second kappa shape index (κ2) is 4.88. The Balaban J connectivity index is 2.09. The summed E-state index contributed by atoms with van der Waals surface area (Å²) in [5.74, 6) is 1.72. The normalized spacial score (nSPS) is 19.6. The highest BCUT2D eigenvalue weighted by molar-refractivity contribution is 5.37. The van der Waals surface area contributed by atoms with Gasteiger partial charge in [-0.3, -0.25) is 0 Å². The average molecular weight is 219 g/mol. The third-order valence-electron chi connectivity index (χ3n) is 3.22. The summed E-state index contributed by atoms with van der Waals surface area (Å²) in [7, 11) is 1.72. The Bertz CT molecular complexity index is 360. The molecule has 88 valence electrons. The lowest BCUT2D eigenvalue weighted by atomic mass is 9.91. The van der Waals surface area contributed by atoms with E-state index in [-0.39, 0.29) is 0 Å². The van der Waals surface area contributed by atoms with Gasteiger partial charge < -0.3 is 10.1 Å². The molecular formula is C14H21NO. The molecule has 0 saturated heterocycles. The molecule has 2 nitrogen and oxygen atoms in total. The molecule has 0 bridgehead atoms. The molecule has 16 heavy (non-hydrogen) atoms. The van der Waals surface area contributed by atoms with Crippen LogP contribution in [0.15, 0.2) is 18.2 Å². The molecule has 0 aliphatic carbocycles. The van der Waals surface area contributed by atoms with Crippen molar-refractivity contribution in [2.45, 2.75) is 39.3 Å². The van der Waals surface area contributed by atoms with Gasteiger partial charge in [-0.05, 0) is 42.0 Å². The van der Waals surface area contributed by atoms with Crippen LogP contribution in [0.5, 0.6) is 5.75 Å². The van der Waals surface area contributed by atoms with Crippen LogP contribution in [0.3, 0.4) is 0 Å². The van der Waals surface area contributed by atoms with Crippen molar-refractivity contribution in [2.75, 3.05) is 7.11 Å². The summed E-state index contributed by atoms with van der Waals surface area (Å²) in [6.45, 7) is 5.54. The molecule has 2 heteroatoms. The molecule has 0 aromatic heterocycles. The lowest BCUT2D eigenvalue weighted by molar-refractivity contribution is 0.392. The van der Waals surface area contributed by atoms with Gasteiger partial charge in [0.2, 0.25) is 0 Å². The molecule has 2 rings (SSSR count). The zero-order chi connectivity index (χ0) is 11.5. The lowest BCUT2D eigenvalue weighted by Crippen LogP contribution is -2.36. The number of ether oxygens (including phenoxy) is 1. The third kappa shape index (κ3) is 2.56. The van der Waals surface area contributed by atoms with Crippen molar-refractivity contribution in [3.63, 3.8) is 0 Å². The van der Waals surface area contributed by atoms with Crippen molar-refractivity contribution in [1.29, 1.82) is 0 Å². The van der Waals surface area contributed by atoms with Crippen molar-refractivity contribution >= 4 is 0 Å². The Morgan fingerprint density at radius 1 is 1.38 bits per heavy atom. The zero-order valence-corrected chi connectivity index (χ0v) is 10.4. The Morgan fingerprint density at radius 3 is 2.88 bits per heavy atom. The first-order chi connectivity index (χ1) is 7.69. The van der Waals surface area contributed by atoms with E-state index in [1.165, 1.54) is 17.5 Å². The van der Waals surface area contributed by atoms with Crippen molar-refractivity contribution in [1.82, 2.24) is 5.32 Å². The smallest absolute Gasteiger partial charge is 0.119 e. The Kier molecular flexibility index (Phi) is 3.49. The molecule has 1 heterocycles. The van der Waals surface area contributed by atoms with Gasteiger partial charge in [0.1, 0.15) is 5.75 Å². The fourth-order valence-corrected chi connectivity index (χ4v) is 2.42. The second-order valence-electron chi connectivity index (χ2n) is 5.05. The van der Waals surface area contributed by atoms with Crippen LogP contribution in [-0.2, 0) is 13.0 Å². The van der Waals surface area contributed by atoms with Crippen LogP contribution in [0.4, 0.5) is 0 Å². The number of fused-ring (bicyclic) bond motifs is 1. The minimum Gasteiger partial charge on any atom is -0.497 e. The van der Waals surface area contributed by atoms with E-state index >= 15 is 0 Å². The summed E-state index contributed by atoms with van der Waals surface area (Å²) in [6, 6.07) is 7.06. The van der Waals surface area contributed by atoms with E-state index in [1.54, 1.807) is 7.11 Å². The number of hydrogen-bond donors (Lipinski definition) is 1. The summed E-state index contributed by atoms with van der Waals surface area (Å²) >= 11 is 0. The van der Waals surface area contributed by atoms with Gasteiger partial charge in [-0.2, -0.15) is 0 Å². The van der Waals surface area contributed by atoms with Gasteiger partial charge in [0.05, 0.1) is 7.11 Å². The van der Waals surface area contributed by atoms with Crippen LogP contribution >= 0.6 is 0 Å². The Labute approximate surface area is 98.0 Å². The second-order valence-corrected chi connectivity index (χ2v) is 5.05. The first kappa shape index (κ1) is 11.5. The molecular weight excluding hydrogens is 198 g/mol. The molecule has 1 aromatic rings. The largest absolute Gasteiger partial charge is 0.497 e. The van der Waals surface area contributed by atoms with E-state index in [0.29, 0.717) is 6.04 Å². The van der Waals surface area contributed by atoms with Gasteiger partial charge in [-0.15, -0.1) is 0 Å². The summed E-state index contributed by atoms with van der Waals surface area (Å²) in [5, 5.41) is 3.60. The van der Waals surface area contributed by atoms with Crippen LogP contribution in [0, 0.1) is 5.92 Å². The van der Waals surface area contributed by atoms with Gasteiger partial charge >= 0.3 is 0 Å². The third-order valence-corrected chi connectivity index (χ3v) is 3.22. The van der Waals surface area contributed by atoms with E-state index in [0.717, 1.165) is 24.6 Å². The Morgan fingerprint density at radius 2 is 2.19 bits per heavy atom. The molecule has 1 aliphatic heterocycles. The van der Waals surface area contributed by atoms with Crippen molar-refractivity contribution in [3.05, 3.63) is 29.3 Å². The zero-order valence-electron chi connectivity index (χ0n) is 10.4. The summed E-state index contributed by atoms with van der Waals surface area (Å²) in [5.41, 5.74) is 2.87. The van der Waals surface area contributed by atoms with Gasteiger partial charge in [0, 0.05) is 12.6 Å². The maximum absolute atomic E-state index is 5.24. The monoisotopic (exact) mass is 219 g/mol. The number of rotatable bonds is 3. The highest BCUT2D eigenvalue weighted by Gasteiger charge is 2.18. The standard InChI is InChI=1S/C14H21NO/c1-10(2)6-13-7-11-4-5-14(16-3)8-12(11)9-15-13/h4-5,8,10,13,15H,6-7,9H2,1-3H3. The highest BCUT2D eigenvalue weighted by Crippen LogP contribution is 2.24.